The van der Waals surface area contributed by atoms with Gasteiger partial charge in [-0.25, -0.2) is 9.59 Å². The van der Waals surface area contributed by atoms with Crippen molar-refractivity contribution in [2.24, 2.45) is 0 Å². The van der Waals surface area contributed by atoms with Crippen LogP contribution in [-0.4, -0.2) is 30.3 Å². The van der Waals surface area contributed by atoms with E-state index in [9.17, 15) is 14.7 Å². The van der Waals surface area contributed by atoms with Crippen molar-refractivity contribution in [2.75, 3.05) is 13.2 Å². The van der Waals surface area contributed by atoms with Gasteiger partial charge in [-0.1, -0.05) is 25.6 Å². The molecule has 0 unspecified atom stereocenters. The van der Waals surface area contributed by atoms with Gasteiger partial charge in [0.05, 0.1) is 18.8 Å². The highest BCUT2D eigenvalue weighted by Gasteiger charge is 2.12. The molecule has 0 aliphatic carbocycles. The molecular formula is C26H26O6. The zero-order valence-corrected chi connectivity index (χ0v) is 18.0. The topological polar surface area (TPSA) is 82.1 Å². The summed E-state index contributed by atoms with van der Waals surface area (Å²) in [5.41, 5.74) is 1.20. The van der Waals surface area contributed by atoms with E-state index in [4.69, 9.17) is 14.2 Å². The van der Waals surface area contributed by atoms with Gasteiger partial charge in [0, 0.05) is 6.08 Å². The summed E-state index contributed by atoms with van der Waals surface area (Å²) < 4.78 is 16.2. The van der Waals surface area contributed by atoms with Gasteiger partial charge in [0.1, 0.15) is 17.2 Å². The zero-order valence-electron chi connectivity index (χ0n) is 18.0. The molecule has 1 N–H and O–H groups in total. The number of benzene rings is 3. The maximum Gasteiger partial charge on any atom is 0.343 e. The number of hydrogen-bond donors (Lipinski definition) is 1. The third-order valence-corrected chi connectivity index (χ3v) is 4.89. The Balaban J connectivity index is 1.59. The summed E-state index contributed by atoms with van der Waals surface area (Å²) in [6, 6.07) is 15.7. The molecule has 0 amide bonds. The van der Waals surface area contributed by atoms with E-state index < -0.39 is 11.9 Å². The Morgan fingerprint density at radius 1 is 0.969 bits per heavy atom. The number of phenols is 1. The van der Waals surface area contributed by atoms with Crippen molar-refractivity contribution in [3.8, 4) is 17.2 Å². The van der Waals surface area contributed by atoms with E-state index in [0.717, 1.165) is 34.6 Å². The fourth-order valence-corrected chi connectivity index (χ4v) is 3.17. The predicted molar refractivity (Wildman–Crippen MR) is 122 cm³/mol. The van der Waals surface area contributed by atoms with E-state index in [-0.39, 0.29) is 5.75 Å². The number of rotatable bonds is 10. The molecule has 0 fully saturated rings. The van der Waals surface area contributed by atoms with Gasteiger partial charge >= 0.3 is 11.9 Å². The fourth-order valence-electron chi connectivity index (χ4n) is 3.17. The molecule has 6 heteroatoms. The molecule has 0 atom stereocenters. The third kappa shape index (κ3) is 6.11. The van der Waals surface area contributed by atoms with Gasteiger partial charge in [0.15, 0.2) is 0 Å². The fraction of sp³-hybridized carbons (Fsp3) is 0.231. The number of hydrogen-bond acceptors (Lipinski definition) is 6. The Bertz CT molecular complexity index is 1120. The van der Waals surface area contributed by atoms with E-state index in [1.807, 2.05) is 31.2 Å². The number of carbonyl (C=O) groups is 2. The maximum absolute atomic E-state index is 12.6. The smallest absolute Gasteiger partial charge is 0.343 e. The Morgan fingerprint density at radius 2 is 1.72 bits per heavy atom. The molecule has 0 saturated heterocycles. The van der Waals surface area contributed by atoms with E-state index in [1.165, 1.54) is 6.07 Å². The van der Waals surface area contributed by atoms with Crippen LogP contribution in [0, 0.1) is 0 Å². The standard InChI is InChI=1S/C26H26O6/c1-3-18-16-22(27)10-12-24(18)32-26(29)21-8-7-20-17-23(11-9-19(20)15-21)30-13-5-6-14-31-25(28)4-2/h4,7-12,15-17,27H,2-3,5-6,13-14H2,1H3. The molecule has 3 rings (SSSR count). The summed E-state index contributed by atoms with van der Waals surface area (Å²) in [6.45, 7) is 6.13. The number of ether oxygens (including phenoxy) is 3. The molecule has 0 heterocycles. The molecule has 0 aliphatic rings. The van der Waals surface area contributed by atoms with Gasteiger partial charge in [0.25, 0.3) is 0 Å². The second-order valence-electron chi connectivity index (χ2n) is 7.19. The van der Waals surface area contributed by atoms with Gasteiger partial charge in [-0.3, -0.25) is 0 Å². The molecule has 32 heavy (non-hydrogen) atoms. The van der Waals surface area contributed by atoms with Crippen LogP contribution in [0.5, 0.6) is 17.2 Å². The lowest BCUT2D eigenvalue weighted by atomic mass is 10.1. The predicted octanol–water partition coefficient (Wildman–Crippen LogP) is 5.22. The van der Waals surface area contributed by atoms with E-state index >= 15 is 0 Å². The van der Waals surface area contributed by atoms with E-state index in [2.05, 4.69) is 6.58 Å². The lowest BCUT2D eigenvalue weighted by Gasteiger charge is -2.10. The molecule has 0 aliphatic heterocycles. The zero-order chi connectivity index (χ0) is 22.9. The SMILES string of the molecule is C=CC(=O)OCCCCOc1ccc2cc(C(=O)Oc3ccc(O)cc3CC)ccc2c1. The summed E-state index contributed by atoms with van der Waals surface area (Å²) >= 11 is 0. The second-order valence-corrected chi connectivity index (χ2v) is 7.19. The number of aromatic hydroxyl groups is 1. The van der Waals surface area contributed by atoms with E-state index in [1.54, 1.807) is 24.3 Å². The molecule has 0 aromatic heterocycles. The first-order chi connectivity index (χ1) is 15.5. The quantitative estimate of drug-likeness (QED) is 0.204. The van der Waals surface area contributed by atoms with Crippen molar-refractivity contribution in [3.05, 3.63) is 78.4 Å². The molecule has 0 bridgehead atoms. The molecule has 0 radical (unpaired) electrons. The summed E-state index contributed by atoms with van der Waals surface area (Å²) in [5.74, 6) is 0.440. The van der Waals surface area contributed by atoms with Crippen molar-refractivity contribution in [3.63, 3.8) is 0 Å². The Kier molecular flexibility index (Phi) is 7.86. The number of aryl methyl sites for hydroxylation is 1. The number of carbonyl (C=O) groups excluding carboxylic acids is 2. The van der Waals surface area contributed by atoms with Crippen molar-refractivity contribution in [1.29, 1.82) is 0 Å². The van der Waals surface area contributed by atoms with Crippen LogP contribution in [0.3, 0.4) is 0 Å². The Morgan fingerprint density at radius 3 is 2.50 bits per heavy atom. The minimum Gasteiger partial charge on any atom is -0.508 e. The first kappa shape index (κ1) is 22.9. The summed E-state index contributed by atoms with van der Waals surface area (Å²) in [6.07, 6.45) is 3.24. The maximum atomic E-state index is 12.6. The normalized spacial score (nSPS) is 10.5. The molecule has 0 spiro atoms. The minimum absolute atomic E-state index is 0.140. The first-order valence-electron chi connectivity index (χ1n) is 10.5. The van der Waals surface area contributed by atoms with Crippen LogP contribution in [-0.2, 0) is 16.0 Å². The first-order valence-corrected chi connectivity index (χ1v) is 10.5. The van der Waals surface area contributed by atoms with Crippen LogP contribution < -0.4 is 9.47 Å². The van der Waals surface area contributed by atoms with Gasteiger partial charge in [-0.2, -0.15) is 0 Å². The van der Waals surface area contributed by atoms with Crippen molar-refractivity contribution in [2.45, 2.75) is 26.2 Å². The molecular weight excluding hydrogens is 408 g/mol. The van der Waals surface area contributed by atoms with Crippen molar-refractivity contribution >= 4 is 22.7 Å². The van der Waals surface area contributed by atoms with Crippen molar-refractivity contribution < 1.29 is 28.9 Å². The Hall–Kier alpha value is -3.80. The van der Waals surface area contributed by atoms with Gasteiger partial charge < -0.3 is 19.3 Å². The number of esters is 2. The van der Waals surface area contributed by atoms with Gasteiger partial charge in [-0.15, -0.1) is 0 Å². The highest BCUT2D eigenvalue weighted by Crippen LogP contribution is 2.26. The monoisotopic (exact) mass is 434 g/mol. The van der Waals surface area contributed by atoms with E-state index in [0.29, 0.717) is 37.4 Å². The summed E-state index contributed by atoms with van der Waals surface area (Å²) in [7, 11) is 0. The molecule has 0 saturated carbocycles. The van der Waals surface area contributed by atoms with Gasteiger partial charge in [0.2, 0.25) is 0 Å². The molecule has 166 valence electrons. The number of fused-ring (bicyclic) bond motifs is 1. The molecule has 3 aromatic rings. The van der Waals surface area contributed by atoms with Crippen LogP contribution in [0.25, 0.3) is 10.8 Å². The van der Waals surface area contributed by atoms with Crippen LogP contribution in [0.2, 0.25) is 0 Å². The van der Waals surface area contributed by atoms with Crippen LogP contribution in [0.1, 0.15) is 35.7 Å². The van der Waals surface area contributed by atoms with Gasteiger partial charge in [-0.05, 0) is 78.1 Å². The lowest BCUT2D eigenvalue weighted by molar-refractivity contribution is -0.137. The average Bonchev–Trinajstić information content (AvgIpc) is 2.81. The highest BCUT2D eigenvalue weighted by molar-refractivity contribution is 5.96. The Labute approximate surface area is 187 Å². The molecule has 3 aromatic carbocycles. The number of unbranched alkanes of at least 4 members (excludes halogenated alkanes) is 1. The lowest BCUT2D eigenvalue weighted by Crippen LogP contribution is -2.09. The van der Waals surface area contributed by atoms with Crippen LogP contribution in [0.15, 0.2) is 67.3 Å². The van der Waals surface area contributed by atoms with Crippen molar-refractivity contribution in [1.82, 2.24) is 0 Å². The highest BCUT2D eigenvalue weighted by atomic mass is 16.5. The second kappa shape index (κ2) is 11.0. The third-order valence-electron chi connectivity index (χ3n) is 4.89. The average molecular weight is 434 g/mol. The number of phenolic OH excluding ortho intramolecular Hbond substituents is 1. The largest absolute Gasteiger partial charge is 0.508 e. The van der Waals surface area contributed by atoms with Crippen LogP contribution >= 0.6 is 0 Å². The minimum atomic E-state index is -0.454. The van der Waals surface area contributed by atoms with Crippen LogP contribution in [0.4, 0.5) is 0 Å². The summed E-state index contributed by atoms with van der Waals surface area (Å²) in [4.78, 5) is 23.6. The molecule has 6 nitrogen and oxygen atoms in total. The summed E-state index contributed by atoms with van der Waals surface area (Å²) in [5, 5.41) is 11.4.